The van der Waals surface area contributed by atoms with Gasteiger partial charge in [0, 0.05) is 19.4 Å². The van der Waals surface area contributed by atoms with Crippen molar-refractivity contribution in [1.82, 2.24) is 15.5 Å². The van der Waals surface area contributed by atoms with Gasteiger partial charge in [0.1, 0.15) is 12.1 Å². The molecule has 1 heterocycles. The van der Waals surface area contributed by atoms with Crippen molar-refractivity contribution in [2.24, 2.45) is 5.41 Å². The lowest BCUT2D eigenvalue weighted by Gasteiger charge is -2.41. The largest absolute Gasteiger partial charge is 0.478 e. The number of aryl methyl sites for hydroxylation is 1. The second-order valence-corrected chi connectivity index (χ2v) is 11.3. The molecular formula is C30H37N3O5. The molecule has 0 bridgehead atoms. The zero-order valence-electron chi connectivity index (χ0n) is 22.5. The molecular weight excluding hydrogens is 482 g/mol. The molecule has 1 aliphatic heterocycles. The number of amides is 3. The monoisotopic (exact) mass is 519 g/mol. The van der Waals surface area contributed by atoms with Crippen molar-refractivity contribution in [3.05, 3.63) is 70.3 Å². The van der Waals surface area contributed by atoms with Crippen LogP contribution in [-0.4, -0.2) is 45.8 Å². The Morgan fingerprint density at radius 2 is 1.79 bits per heavy atom. The fourth-order valence-electron chi connectivity index (χ4n) is 5.43. The van der Waals surface area contributed by atoms with E-state index in [0.717, 1.165) is 30.4 Å². The summed E-state index contributed by atoms with van der Waals surface area (Å²) in [4.78, 5) is 53.3. The molecule has 0 spiro atoms. The van der Waals surface area contributed by atoms with E-state index < -0.39 is 23.5 Å². The van der Waals surface area contributed by atoms with Crippen molar-refractivity contribution in [2.45, 2.75) is 84.5 Å². The highest BCUT2D eigenvalue weighted by molar-refractivity contribution is 5.93. The van der Waals surface area contributed by atoms with E-state index >= 15 is 0 Å². The van der Waals surface area contributed by atoms with Crippen LogP contribution >= 0.6 is 0 Å². The second-order valence-electron chi connectivity index (χ2n) is 11.3. The fraction of sp³-hybridized carbons (Fsp3) is 0.467. The highest BCUT2D eigenvalue weighted by Gasteiger charge is 2.42. The minimum Gasteiger partial charge on any atom is -0.478 e. The summed E-state index contributed by atoms with van der Waals surface area (Å²) < 4.78 is 0. The van der Waals surface area contributed by atoms with Crippen LogP contribution in [0.2, 0.25) is 0 Å². The Morgan fingerprint density at radius 3 is 2.47 bits per heavy atom. The molecule has 0 radical (unpaired) electrons. The van der Waals surface area contributed by atoms with Crippen LogP contribution in [0.4, 0.5) is 0 Å². The predicted molar refractivity (Wildman–Crippen MR) is 143 cm³/mol. The summed E-state index contributed by atoms with van der Waals surface area (Å²) in [5.74, 6) is -1.90. The summed E-state index contributed by atoms with van der Waals surface area (Å²) in [6.07, 6.45) is 3.25. The molecule has 3 atom stereocenters. The topological polar surface area (TPSA) is 116 Å². The van der Waals surface area contributed by atoms with Gasteiger partial charge >= 0.3 is 5.97 Å². The molecule has 0 fully saturated rings. The Labute approximate surface area is 223 Å². The van der Waals surface area contributed by atoms with Crippen molar-refractivity contribution in [1.29, 1.82) is 0 Å². The van der Waals surface area contributed by atoms with Gasteiger partial charge in [0.05, 0.1) is 11.6 Å². The summed E-state index contributed by atoms with van der Waals surface area (Å²) in [7, 11) is 0. The normalized spacial score (nSPS) is 19.5. The van der Waals surface area contributed by atoms with Crippen LogP contribution in [0.5, 0.6) is 0 Å². The number of benzene rings is 2. The zero-order valence-corrected chi connectivity index (χ0v) is 22.5. The third kappa shape index (κ3) is 5.74. The van der Waals surface area contributed by atoms with Gasteiger partial charge in [-0.3, -0.25) is 14.4 Å². The highest BCUT2D eigenvalue weighted by Crippen LogP contribution is 2.32. The van der Waals surface area contributed by atoms with Crippen molar-refractivity contribution in [3.8, 4) is 0 Å². The molecule has 1 aliphatic carbocycles. The second kappa shape index (κ2) is 11.0. The van der Waals surface area contributed by atoms with E-state index in [1.165, 1.54) is 16.5 Å². The van der Waals surface area contributed by atoms with Crippen LogP contribution in [0.15, 0.2) is 42.5 Å². The van der Waals surface area contributed by atoms with E-state index in [-0.39, 0.29) is 48.7 Å². The van der Waals surface area contributed by atoms with E-state index in [2.05, 4.69) is 16.7 Å². The molecule has 3 unspecified atom stereocenters. The van der Waals surface area contributed by atoms with Crippen LogP contribution in [0.25, 0.3) is 0 Å². The minimum atomic E-state index is -1.05. The van der Waals surface area contributed by atoms with Gasteiger partial charge in [-0.15, -0.1) is 0 Å². The van der Waals surface area contributed by atoms with Gasteiger partial charge in [-0.1, -0.05) is 58.0 Å². The number of hydrogen-bond acceptors (Lipinski definition) is 4. The summed E-state index contributed by atoms with van der Waals surface area (Å²) in [5, 5.41) is 15.6. The van der Waals surface area contributed by atoms with Crippen molar-refractivity contribution >= 4 is 23.7 Å². The SMILES string of the molecule is CCC(=O)NC(C(=O)N1Cc2cc(C(=O)O)ccc2CC1C(=O)NC1CCCc2ccccc21)C(C)(C)C. The average molecular weight is 520 g/mol. The number of nitrogens with zero attached hydrogens (tertiary/aromatic N) is 1. The number of hydrogen-bond donors (Lipinski definition) is 3. The molecule has 2 aromatic rings. The molecule has 2 aliphatic rings. The summed E-state index contributed by atoms with van der Waals surface area (Å²) in [6, 6.07) is 11.2. The van der Waals surface area contributed by atoms with Gasteiger partial charge in [0.2, 0.25) is 17.7 Å². The summed E-state index contributed by atoms with van der Waals surface area (Å²) in [5.41, 5.74) is 3.39. The van der Waals surface area contributed by atoms with Gasteiger partial charge in [-0.25, -0.2) is 4.79 Å². The van der Waals surface area contributed by atoms with E-state index in [1.807, 2.05) is 39.0 Å². The quantitative estimate of drug-likeness (QED) is 0.537. The Kier molecular flexibility index (Phi) is 7.90. The molecule has 3 amide bonds. The Hall–Kier alpha value is -3.68. The van der Waals surface area contributed by atoms with Crippen LogP contribution < -0.4 is 10.6 Å². The molecule has 202 valence electrons. The zero-order chi connectivity index (χ0) is 27.6. The van der Waals surface area contributed by atoms with Gasteiger partial charge in [-0.05, 0) is 59.1 Å². The Balaban J connectivity index is 1.68. The number of rotatable bonds is 6. The Morgan fingerprint density at radius 1 is 1.05 bits per heavy atom. The molecule has 38 heavy (non-hydrogen) atoms. The van der Waals surface area contributed by atoms with Gasteiger partial charge in [-0.2, -0.15) is 0 Å². The van der Waals surface area contributed by atoms with Crippen LogP contribution in [0.1, 0.15) is 85.6 Å². The number of carbonyl (C=O) groups excluding carboxylic acids is 3. The van der Waals surface area contributed by atoms with Gasteiger partial charge < -0.3 is 20.6 Å². The van der Waals surface area contributed by atoms with Gasteiger partial charge in [0.15, 0.2) is 0 Å². The lowest BCUT2D eigenvalue weighted by molar-refractivity contribution is -0.147. The first kappa shape index (κ1) is 27.4. The van der Waals surface area contributed by atoms with Crippen LogP contribution in [0, 0.1) is 5.41 Å². The van der Waals surface area contributed by atoms with Crippen molar-refractivity contribution in [2.75, 3.05) is 0 Å². The molecule has 8 nitrogen and oxygen atoms in total. The molecule has 3 N–H and O–H groups in total. The maximum absolute atomic E-state index is 14.0. The van der Waals surface area contributed by atoms with Crippen LogP contribution in [-0.2, 0) is 33.8 Å². The molecule has 4 rings (SSSR count). The number of fused-ring (bicyclic) bond motifs is 2. The van der Waals surface area contributed by atoms with Crippen molar-refractivity contribution in [3.63, 3.8) is 0 Å². The minimum absolute atomic E-state index is 0.0865. The number of nitrogens with one attached hydrogen (secondary N) is 2. The number of aromatic carboxylic acids is 1. The molecule has 2 aromatic carbocycles. The average Bonchev–Trinajstić information content (AvgIpc) is 2.89. The third-order valence-electron chi connectivity index (χ3n) is 7.59. The highest BCUT2D eigenvalue weighted by atomic mass is 16.4. The Bertz CT molecular complexity index is 1250. The molecule has 0 aromatic heterocycles. The first-order valence-electron chi connectivity index (χ1n) is 13.3. The maximum atomic E-state index is 14.0. The fourth-order valence-corrected chi connectivity index (χ4v) is 5.43. The first-order valence-corrected chi connectivity index (χ1v) is 13.3. The number of carboxylic acids is 1. The number of carboxylic acid groups (broad SMARTS) is 1. The summed E-state index contributed by atoms with van der Waals surface area (Å²) in [6.45, 7) is 7.44. The maximum Gasteiger partial charge on any atom is 0.335 e. The van der Waals surface area contributed by atoms with Crippen molar-refractivity contribution < 1.29 is 24.3 Å². The standard InChI is InChI=1S/C30H37N3O5/c1-5-25(34)32-26(30(2,3)4)28(36)33-17-21-15-20(29(37)38)14-13-19(21)16-24(33)27(35)31-23-12-8-10-18-9-6-7-11-22(18)23/h6-7,9,11,13-15,23-24,26H,5,8,10,12,16-17H2,1-4H3,(H,31,35)(H,32,34)(H,37,38). The molecule has 0 saturated heterocycles. The molecule has 8 heteroatoms. The third-order valence-corrected chi connectivity index (χ3v) is 7.59. The summed E-state index contributed by atoms with van der Waals surface area (Å²) >= 11 is 0. The van der Waals surface area contributed by atoms with E-state index in [0.29, 0.717) is 5.56 Å². The van der Waals surface area contributed by atoms with Gasteiger partial charge in [0.25, 0.3) is 0 Å². The number of carbonyl (C=O) groups is 4. The van der Waals surface area contributed by atoms with Crippen LogP contribution in [0.3, 0.4) is 0 Å². The lowest BCUT2D eigenvalue weighted by atomic mass is 9.83. The van der Waals surface area contributed by atoms with E-state index in [1.54, 1.807) is 19.1 Å². The lowest BCUT2D eigenvalue weighted by Crippen LogP contribution is -2.60. The van der Waals surface area contributed by atoms with E-state index in [9.17, 15) is 24.3 Å². The first-order chi connectivity index (χ1) is 18.0. The molecule has 0 saturated carbocycles. The predicted octanol–water partition coefficient (Wildman–Crippen LogP) is 3.77. The smallest absolute Gasteiger partial charge is 0.335 e. The van der Waals surface area contributed by atoms with E-state index in [4.69, 9.17) is 0 Å².